The number of hydrogen-bond acceptors (Lipinski definition) is 1. The maximum atomic E-state index is 13.9. The molecule has 0 unspecified atom stereocenters. The zero-order valence-electron chi connectivity index (χ0n) is 9.19. The average molecular weight is 230 g/mol. The number of rotatable bonds is 4. The van der Waals surface area contributed by atoms with Crippen LogP contribution in [0.4, 0.5) is 4.39 Å². The molecule has 0 aliphatic carbocycles. The molecular formula is C12H17ClFN. The maximum Gasteiger partial charge on any atom is 0.145 e. The Balaban J connectivity index is 3.28. The maximum absolute atomic E-state index is 13.9. The van der Waals surface area contributed by atoms with Crippen LogP contribution in [0.2, 0.25) is 5.02 Å². The number of benzene rings is 1. The largest absolute Gasteiger partial charge is 0.330 e. The van der Waals surface area contributed by atoms with Gasteiger partial charge in [0.15, 0.2) is 0 Å². The minimum Gasteiger partial charge on any atom is -0.330 e. The van der Waals surface area contributed by atoms with E-state index in [1.54, 1.807) is 18.2 Å². The molecule has 15 heavy (non-hydrogen) atoms. The summed E-state index contributed by atoms with van der Waals surface area (Å²) in [5.41, 5.74) is 6.13. The van der Waals surface area contributed by atoms with Gasteiger partial charge in [0.1, 0.15) is 5.82 Å². The lowest BCUT2D eigenvalue weighted by atomic mass is 9.76. The van der Waals surface area contributed by atoms with E-state index < -0.39 is 0 Å². The normalized spacial score (nSPS) is 11.8. The summed E-state index contributed by atoms with van der Waals surface area (Å²) in [6.07, 6.45) is 1.63. The molecule has 0 saturated heterocycles. The van der Waals surface area contributed by atoms with Crippen LogP contribution in [0.15, 0.2) is 18.2 Å². The highest BCUT2D eigenvalue weighted by Gasteiger charge is 2.30. The first kappa shape index (κ1) is 12.5. The van der Waals surface area contributed by atoms with Gasteiger partial charge in [-0.25, -0.2) is 4.39 Å². The Kier molecular flexibility index (Phi) is 4.12. The molecule has 0 fully saturated rings. The van der Waals surface area contributed by atoms with Crippen LogP contribution in [0.1, 0.15) is 32.3 Å². The zero-order valence-corrected chi connectivity index (χ0v) is 9.94. The number of nitrogens with two attached hydrogens (primary N) is 1. The van der Waals surface area contributed by atoms with Gasteiger partial charge in [0.25, 0.3) is 0 Å². The van der Waals surface area contributed by atoms with Crippen LogP contribution in [0, 0.1) is 5.82 Å². The molecule has 0 spiro atoms. The van der Waals surface area contributed by atoms with Crippen LogP contribution in [-0.4, -0.2) is 6.54 Å². The highest BCUT2D eigenvalue weighted by molar-refractivity contribution is 6.30. The predicted molar refractivity (Wildman–Crippen MR) is 62.7 cm³/mol. The van der Waals surface area contributed by atoms with Crippen molar-refractivity contribution in [3.05, 3.63) is 34.6 Å². The highest BCUT2D eigenvalue weighted by Crippen LogP contribution is 2.34. The van der Waals surface area contributed by atoms with Crippen LogP contribution < -0.4 is 5.73 Å². The summed E-state index contributed by atoms with van der Waals surface area (Å²) in [4.78, 5) is 0. The van der Waals surface area contributed by atoms with Crippen molar-refractivity contribution in [2.75, 3.05) is 6.54 Å². The summed E-state index contributed by atoms with van der Waals surface area (Å²) in [7, 11) is 0. The molecule has 1 aromatic rings. The molecule has 0 radical (unpaired) electrons. The lowest BCUT2D eigenvalue weighted by Crippen LogP contribution is -2.34. The van der Waals surface area contributed by atoms with Gasteiger partial charge in [0.2, 0.25) is 0 Å². The minimum absolute atomic E-state index is 0.173. The SMILES string of the molecule is CCC(CC)(CN)c1cccc(Cl)c1F. The molecule has 1 aromatic carbocycles. The second-order valence-corrected chi connectivity index (χ2v) is 4.20. The van der Waals surface area contributed by atoms with E-state index in [1.165, 1.54) is 0 Å². The summed E-state index contributed by atoms with van der Waals surface area (Å²) in [6, 6.07) is 5.12. The second kappa shape index (κ2) is 4.95. The third-order valence-corrected chi connectivity index (χ3v) is 3.56. The fraction of sp³-hybridized carbons (Fsp3) is 0.500. The topological polar surface area (TPSA) is 26.0 Å². The summed E-state index contributed by atoms with van der Waals surface area (Å²) >= 11 is 5.77. The molecule has 3 heteroatoms. The van der Waals surface area contributed by atoms with Crippen molar-refractivity contribution in [1.82, 2.24) is 0 Å². The van der Waals surface area contributed by atoms with E-state index in [0.717, 1.165) is 12.8 Å². The van der Waals surface area contributed by atoms with Crippen molar-refractivity contribution in [1.29, 1.82) is 0 Å². The Morgan fingerprint density at radius 2 is 1.93 bits per heavy atom. The van der Waals surface area contributed by atoms with Gasteiger partial charge < -0.3 is 5.73 Å². The van der Waals surface area contributed by atoms with Gasteiger partial charge in [-0.2, -0.15) is 0 Å². The van der Waals surface area contributed by atoms with Gasteiger partial charge in [0.05, 0.1) is 5.02 Å². The highest BCUT2D eigenvalue weighted by atomic mass is 35.5. The van der Waals surface area contributed by atoms with Crippen molar-refractivity contribution < 1.29 is 4.39 Å². The van der Waals surface area contributed by atoms with Crippen LogP contribution in [0.25, 0.3) is 0 Å². The Bertz CT molecular complexity index is 326. The Morgan fingerprint density at radius 1 is 1.33 bits per heavy atom. The standard InChI is InChI=1S/C12H17ClFN/c1-3-12(4-2,8-15)9-6-5-7-10(13)11(9)14/h5-7H,3-4,8,15H2,1-2H3. The molecule has 0 aliphatic heterocycles. The number of halogens is 2. The third kappa shape index (κ3) is 2.16. The van der Waals surface area contributed by atoms with Gasteiger partial charge in [0, 0.05) is 12.0 Å². The van der Waals surface area contributed by atoms with Gasteiger partial charge in [-0.15, -0.1) is 0 Å². The first-order valence-electron chi connectivity index (χ1n) is 5.26. The summed E-state index contributed by atoms with van der Waals surface area (Å²) in [5, 5.41) is 0.173. The van der Waals surface area contributed by atoms with Crippen LogP contribution >= 0.6 is 11.6 Å². The van der Waals surface area contributed by atoms with Gasteiger partial charge >= 0.3 is 0 Å². The van der Waals surface area contributed by atoms with Gasteiger partial charge in [-0.1, -0.05) is 37.6 Å². The summed E-state index contributed by atoms with van der Waals surface area (Å²) in [6.45, 7) is 4.49. The first-order chi connectivity index (χ1) is 7.11. The molecule has 1 rings (SSSR count). The lowest BCUT2D eigenvalue weighted by molar-refractivity contribution is 0.387. The lowest BCUT2D eigenvalue weighted by Gasteiger charge is -2.31. The second-order valence-electron chi connectivity index (χ2n) is 3.79. The van der Waals surface area contributed by atoms with Crippen molar-refractivity contribution in [3.63, 3.8) is 0 Å². The molecule has 2 N–H and O–H groups in total. The van der Waals surface area contributed by atoms with Crippen LogP contribution in [0.5, 0.6) is 0 Å². The Hall–Kier alpha value is -0.600. The average Bonchev–Trinajstić information content (AvgIpc) is 2.27. The van der Waals surface area contributed by atoms with Crippen LogP contribution in [0.3, 0.4) is 0 Å². The Morgan fingerprint density at radius 3 is 2.40 bits per heavy atom. The van der Waals surface area contributed by atoms with E-state index in [1.807, 2.05) is 13.8 Å². The first-order valence-corrected chi connectivity index (χ1v) is 5.63. The quantitative estimate of drug-likeness (QED) is 0.840. The van der Waals surface area contributed by atoms with E-state index in [2.05, 4.69) is 0 Å². The zero-order chi connectivity index (χ0) is 11.5. The minimum atomic E-state index is -0.326. The van der Waals surface area contributed by atoms with E-state index in [-0.39, 0.29) is 16.3 Å². The molecule has 84 valence electrons. The van der Waals surface area contributed by atoms with Crippen LogP contribution in [-0.2, 0) is 5.41 Å². The van der Waals surface area contributed by atoms with Crippen molar-refractivity contribution in [2.24, 2.45) is 5.73 Å². The molecule has 0 aliphatic rings. The van der Waals surface area contributed by atoms with E-state index >= 15 is 0 Å². The smallest absolute Gasteiger partial charge is 0.145 e. The van der Waals surface area contributed by atoms with E-state index in [4.69, 9.17) is 17.3 Å². The molecule has 0 amide bonds. The molecule has 1 nitrogen and oxygen atoms in total. The van der Waals surface area contributed by atoms with Gasteiger partial charge in [-0.05, 0) is 24.5 Å². The molecule has 0 saturated carbocycles. The van der Waals surface area contributed by atoms with Crippen molar-refractivity contribution in [2.45, 2.75) is 32.1 Å². The molecule has 0 heterocycles. The Labute approximate surface area is 95.4 Å². The molecule has 0 aromatic heterocycles. The molecule has 0 bridgehead atoms. The monoisotopic (exact) mass is 229 g/mol. The predicted octanol–water partition coefficient (Wildman–Crippen LogP) is 3.50. The fourth-order valence-corrected chi connectivity index (χ4v) is 2.12. The summed E-state index contributed by atoms with van der Waals surface area (Å²) in [5.74, 6) is -0.326. The summed E-state index contributed by atoms with van der Waals surface area (Å²) < 4.78 is 13.9. The number of hydrogen-bond donors (Lipinski definition) is 1. The van der Waals surface area contributed by atoms with E-state index in [0.29, 0.717) is 12.1 Å². The fourth-order valence-electron chi connectivity index (χ4n) is 1.94. The van der Waals surface area contributed by atoms with Crippen molar-refractivity contribution in [3.8, 4) is 0 Å². The third-order valence-electron chi connectivity index (χ3n) is 3.27. The van der Waals surface area contributed by atoms with Gasteiger partial charge in [-0.3, -0.25) is 0 Å². The van der Waals surface area contributed by atoms with E-state index in [9.17, 15) is 4.39 Å². The molecular weight excluding hydrogens is 213 g/mol. The van der Waals surface area contributed by atoms with Crippen molar-refractivity contribution >= 4 is 11.6 Å². The molecule has 0 atom stereocenters.